The van der Waals surface area contributed by atoms with E-state index >= 15 is 0 Å². The number of carbonyl (C=O) groups is 2. The van der Waals surface area contributed by atoms with E-state index in [9.17, 15) is 9.59 Å². The number of halogens is 1. The molecule has 1 unspecified atom stereocenters. The van der Waals surface area contributed by atoms with Gasteiger partial charge in [-0.2, -0.15) is 5.10 Å². The molecule has 4 rings (SSSR count). The molecule has 3 heterocycles. The first-order valence-corrected chi connectivity index (χ1v) is 10.1. The largest absolute Gasteiger partial charge is 0.327 e. The molecule has 1 atom stereocenters. The topological polar surface area (TPSA) is 80.1 Å². The van der Waals surface area contributed by atoms with Crippen LogP contribution in [-0.2, 0) is 4.79 Å². The molecule has 2 aromatic heterocycles. The van der Waals surface area contributed by atoms with Crippen molar-refractivity contribution in [1.29, 1.82) is 0 Å². The molecule has 3 aromatic rings. The van der Waals surface area contributed by atoms with Crippen molar-refractivity contribution in [3.8, 4) is 5.69 Å². The SMILES string of the molecule is O=C(Nc1nccs1)C1CCCN1C(=O)c1ccc(-n2cc(Br)cn2)cc1. The summed E-state index contributed by atoms with van der Waals surface area (Å²) in [6.45, 7) is 0.572. The molecule has 9 heteroatoms. The predicted molar refractivity (Wildman–Crippen MR) is 106 cm³/mol. The first-order chi connectivity index (χ1) is 13.1. The Hall–Kier alpha value is -2.52. The Balaban J connectivity index is 1.48. The molecule has 1 aliphatic rings. The Kier molecular flexibility index (Phi) is 5.04. The van der Waals surface area contributed by atoms with Gasteiger partial charge in [0.15, 0.2) is 5.13 Å². The molecule has 0 saturated carbocycles. The Morgan fingerprint density at radius 3 is 2.74 bits per heavy atom. The maximum atomic E-state index is 12.9. The summed E-state index contributed by atoms with van der Waals surface area (Å²) in [6.07, 6.45) is 6.65. The van der Waals surface area contributed by atoms with Gasteiger partial charge in [0, 0.05) is 29.9 Å². The first kappa shape index (κ1) is 17.9. The molecule has 0 radical (unpaired) electrons. The number of rotatable bonds is 4. The van der Waals surface area contributed by atoms with Crippen LogP contribution in [0.15, 0.2) is 52.7 Å². The molecule has 0 aliphatic carbocycles. The minimum atomic E-state index is -0.469. The summed E-state index contributed by atoms with van der Waals surface area (Å²) in [6, 6.07) is 6.74. The van der Waals surface area contributed by atoms with Gasteiger partial charge < -0.3 is 10.2 Å². The summed E-state index contributed by atoms with van der Waals surface area (Å²) < 4.78 is 2.60. The van der Waals surface area contributed by atoms with Crippen molar-refractivity contribution in [1.82, 2.24) is 19.7 Å². The van der Waals surface area contributed by atoms with Crippen LogP contribution in [0.4, 0.5) is 5.13 Å². The summed E-state index contributed by atoms with van der Waals surface area (Å²) in [5.74, 6) is -0.325. The van der Waals surface area contributed by atoms with Gasteiger partial charge in [0.25, 0.3) is 5.91 Å². The number of likely N-dealkylation sites (tertiary alicyclic amines) is 1. The lowest BCUT2D eigenvalue weighted by molar-refractivity contribution is -0.119. The van der Waals surface area contributed by atoms with Crippen molar-refractivity contribution in [2.45, 2.75) is 18.9 Å². The Bertz CT molecular complexity index is 955. The zero-order valence-electron chi connectivity index (χ0n) is 14.2. The van der Waals surface area contributed by atoms with Gasteiger partial charge in [0.05, 0.1) is 16.4 Å². The summed E-state index contributed by atoms with van der Waals surface area (Å²) >= 11 is 4.73. The number of benzene rings is 1. The summed E-state index contributed by atoms with van der Waals surface area (Å²) in [5, 5.41) is 9.37. The van der Waals surface area contributed by atoms with Gasteiger partial charge in [0.2, 0.25) is 5.91 Å². The third kappa shape index (κ3) is 3.79. The van der Waals surface area contributed by atoms with Gasteiger partial charge in [-0.1, -0.05) is 0 Å². The lowest BCUT2D eigenvalue weighted by Crippen LogP contribution is -2.43. The Morgan fingerprint density at radius 2 is 2.07 bits per heavy atom. The van der Waals surface area contributed by atoms with Crippen LogP contribution in [0.3, 0.4) is 0 Å². The fourth-order valence-electron chi connectivity index (χ4n) is 3.12. The second kappa shape index (κ2) is 7.61. The van der Waals surface area contributed by atoms with E-state index in [4.69, 9.17) is 0 Å². The van der Waals surface area contributed by atoms with E-state index in [1.165, 1.54) is 11.3 Å². The molecule has 138 valence electrons. The van der Waals surface area contributed by atoms with E-state index in [-0.39, 0.29) is 11.8 Å². The number of carbonyl (C=O) groups excluding carboxylic acids is 2. The molecule has 0 spiro atoms. The highest BCUT2D eigenvalue weighted by atomic mass is 79.9. The van der Waals surface area contributed by atoms with Crippen LogP contribution >= 0.6 is 27.3 Å². The molecular weight excluding hydrogens is 430 g/mol. The fraction of sp³-hybridized carbons (Fsp3) is 0.222. The number of nitrogens with one attached hydrogen (secondary N) is 1. The number of anilines is 1. The van der Waals surface area contributed by atoms with Crippen LogP contribution in [0.1, 0.15) is 23.2 Å². The standard InChI is InChI=1S/C18H16BrN5O2S/c19-13-10-21-24(11-13)14-5-3-12(4-6-14)17(26)23-8-1-2-15(23)16(25)22-18-20-7-9-27-18/h3-7,9-11,15H,1-2,8H2,(H,20,22,25). The molecule has 0 bridgehead atoms. The van der Waals surface area contributed by atoms with Crippen molar-refractivity contribution >= 4 is 44.2 Å². The number of nitrogens with zero attached hydrogens (tertiary/aromatic N) is 4. The van der Waals surface area contributed by atoms with Crippen molar-refractivity contribution in [2.24, 2.45) is 0 Å². The smallest absolute Gasteiger partial charge is 0.254 e. The summed E-state index contributed by atoms with van der Waals surface area (Å²) in [7, 11) is 0. The van der Waals surface area contributed by atoms with Crippen molar-refractivity contribution in [2.75, 3.05) is 11.9 Å². The molecule has 1 saturated heterocycles. The van der Waals surface area contributed by atoms with Crippen LogP contribution < -0.4 is 5.32 Å². The number of aromatic nitrogens is 3. The zero-order chi connectivity index (χ0) is 18.8. The quantitative estimate of drug-likeness (QED) is 0.667. The lowest BCUT2D eigenvalue weighted by Gasteiger charge is -2.23. The predicted octanol–water partition coefficient (Wildman–Crippen LogP) is 3.33. The highest BCUT2D eigenvalue weighted by Crippen LogP contribution is 2.23. The number of amides is 2. The van der Waals surface area contributed by atoms with Crippen LogP contribution in [0, 0.1) is 0 Å². The van der Waals surface area contributed by atoms with E-state index < -0.39 is 6.04 Å². The van der Waals surface area contributed by atoms with Crippen molar-refractivity contribution in [3.05, 3.63) is 58.3 Å². The van der Waals surface area contributed by atoms with Crippen LogP contribution in [-0.4, -0.2) is 44.1 Å². The Labute approximate surface area is 168 Å². The van der Waals surface area contributed by atoms with Gasteiger partial charge in [-0.3, -0.25) is 9.59 Å². The van der Waals surface area contributed by atoms with E-state index in [1.807, 2.05) is 18.3 Å². The third-order valence-corrected chi connectivity index (χ3v) is 5.51. The molecule has 27 heavy (non-hydrogen) atoms. The van der Waals surface area contributed by atoms with Gasteiger partial charge in [-0.25, -0.2) is 9.67 Å². The van der Waals surface area contributed by atoms with Gasteiger partial charge >= 0.3 is 0 Å². The highest BCUT2D eigenvalue weighted by Gasteiger charge is 2.34. The minimum Gasteiger partial charge on any atom is -0.327 e. The lowest BCUT2D eigenvalue weighted by atomic mass is 10.1. The maximum Gasteiger partial charge on any atom is 0.254 e. The molecule has 2 amide bonds. The van der Waals surface area contributed by atoms with Crippen LogP contribution in [0.5, 0.6) is 0 Å². The fourth-order valence-corrected chi connectivity index (χ4v) is 3.94. The average Bonchev–Trinajstić information content (AvgIpc) is 3.43. The zero-order valence-corrected chi connectivity index (χ0v) is 16.6. The average molecular weight is 446 g/mol. The second-order valence-electron chi connectivity index (χ2n) is 6.13. The van der Waals surface area contributed by atoms with Crippen molar-refractivity contribution < 1.29 is 9.59 Å². The minimum absolute atomic E-state index is 0.139. The molecular formula is C18H16BrN5O2S. The third-order valence-electron chi connectivity index (χ3n) is 4.41. The van der Waals surface area contributed by atoms with E-state index in [0.29, 0.717) is 23.7 Å². The van der Waals surface area contributed by atoms with Gasteiger partial charge in [0.1, 0.15) is 6.04 Å². The molecule has 1 N–H and O–H groups in total. The van der Waals surface area contributed by atoms with Crippen LogP contribution in [0.25, 0.3) is 5.69 Å². The van der Waals surface area contributed by atoms with Gasteiger partial charge in [-0.05, 0) is 53.0 Å². The number of hydrogen-bond acceptors (Lipinski definition) is 5. The second-order valence-corrected chi connectivity index (χ2v) is 7.94. The highest BCUT2D eigenvalue weighted by molar-refractivity contribution is 9.10. The summed E-state index contributed by atoms with van der Waals surface area (Å²) in [5.41, 5.74) is 1.41. The monoisotopic (exact) mass is 445 g/mol. The van der Waals surface area contributed by atoms with E-state index in [0.717, 1.165) is 16.6 Å². The first-order valence-electron chi connectivity index (χ1n) is 8.44. The number of thiazole rings is 1. The van der Waals surface area contributed by atoms with Gasteiger partial charge in [-0.15, -0.1) is 11.3 Å². The molecule has 7 nitrogen and oxygen atoms in total. The normalized spacial score (nSPS) is 16.5. The van der Waals surface area contributed by atoms with Crippen molar-refractivity contribution in [3.63, 3.8) is 0 Å². The Morgan fingerprint density at radius 1 is 1.26 bits per heavy atom. The number of hydrogen-bond donors (Lipinski definition) is 1. The summed E-state index contributed by atoms with van der Waals surface area (Å²) in [4.78, 5) is 31.2. The van der Waals surface area contributed by atoms with E-state index in [1.54, 1.807) is 39.5 Å². The van der Waals surface area contributed by atoms with Crippen LogP contribution in [0.2, 0.25) is 0 Å². The maximum absolute atomic E-state index is 12.9. The molecule has 1 aliphatic heterocycles. The molecule has 1 aromatic carbocycles. The van der Waals surface area contributed by atoms with E-state index in [2.05, 4.69) is 31.3 Å². The molecule has 1 fully saturated rings.